The van der Waals surface area contributed by atoms with Gasteiger partial charge in [0.1, 0.15) is 13.2 Å². The van der Waals surface area contributed by atoms with Gasteiger partial charge in [-0.3, -0.25) is 9.36 Å². The number of phosphoric acid groups is 1. The second-order valence-corrected chi connectivity index (χ2v) is 24.1. The lowest BCUT2D eigenvalue weighted by Gasteiger charge is -2.29. The van der Waals surface area contributed by atoms with Crippen molar-refractivity contribution in [1.82, 2.24) is 5.32 Å². The van der Waals surface area contributed by atoms with Crippen molar-refractivity contribution < 1.29 is 32.9 Å². The molecule has 0 aromatic carbocycles. The Kier molecular flexibility index (Phi) is 56.7. The number of nitrogens with one attached hydrogen (secondary N) is 1. The number of rotatable bonds is 58. The highest BCUT2D eigenvalue weighted by molar-refractivity contribution is 7.45. The highest BCUT2D eigenvalue weighted by Crippen LogP contribution is 2.38. The molecular weight excluding hydrogens is 984 g/mol. The summed E-state index contributed by atoms with van der Waals surface area (Å²) in [6.07, 6.45) is 86.3. The summed E-state index contributed by atoms with van der Waals surface area (Å²) >= 11 is 0. The third kappa shape index (κ3) is 60.8. The first-order valence-electron chi connectivity index (χ1n) is 32.2. The predicted molar refractivity (Wildman–Crippen MR) is 339 cm³/mol. The van der Waals surface area contributed by atoms with Crippen LogP contribution in [0.2, 0.25) is 0 Å². The molecule has 0 aromatic heterocycles. The molecule has 1 amide bonds. The van der Waals surface area contributed by atoms with Crippen LogP contribution in [0.1, 0.15) is 271 Å². The second-order valence-electron chi connectivity index (χ2n) is 22.7. The largest absolute Gasteiger partial charge is 0.756 e. The quantitative estimate of drug-likeness (QED) is 0.0272. The number of aliphatic hydroxyl groups is 1. The van der Waals surface area contributed by atoms with E-state index in [1.165, 1.54) is 167 Å². The van der Waals surface area contributed by atoms with E-state index in [0.29, 0.717) is 17.4 Å². The van der Waals surface area contributed by atoms with Crippen molar-refractivity contribution in [3.63, 3.8) is 0 Å². The number of nitrogens with zero attached hydrogens (tertiary/aromatic N) is 1. The third-order valence-electron chi connectivity index (χ3n) is 14.0. The minimum absolute atomic E-state index is 0.00858. The number of allylic oxidation sites excluding steroid dienone is 17. The number of unbranched alkanes of at least 4 members (excludes halogenated alkanes) is 29. The number of likely N-dealkylation sites (N-methyl/N-ethyl adjacent to an activating group) is 1. The van der Waals surface area contributed by atoms with Gasteiger partial charge in [0.05, 0.1) is 39.9 Å². The zero-order chi connectivity index (χ0) is 57.0. The Labute approximate surface area is 482 Å². The number of carbonyl (C=O) groups is 1. The van der Waals surface area contributed by atoms with E-state index in [0.717, 1.165) is 83.5 Å². The molecule has 9 heteroatoms. The fraction of sp³-hybridized carbons (Fsp3) is 0.725. The van der Waals surface area contributed by atoms with Gasteiger partial charge in [0, 0.05) is 6.42 Å². The van der Waals surface area contributed by atoms with Crippen LogP contribution in [0.3, 0.4) is 0 Å². The van der Waals surface area contributed by atoms with Crippen LogP contribution in [0, 0.1) is 0 Å². The first-order chi connectivity index (χ1) is 38.0. The molecule has 2 N–H and O–H groups in total. The molecule has 78 heavy (non-hydrogen) atoms. The summed E-state index contributed by atoms with van der Waals surface area (Å²) in [4.78, 5) is 25.5. The van der Waals surface area contributed by atoms with E-state index >= 15 is 0 Å². The molecule has 8 nitrogen and oxygen atoms in total. The van der Waals surface area contributed by atoms with E-state index in [9.17, 15) is 19.4 Å². The number of hydrogen-bond donors (Lipinski definition) is 2. The fourth-order valence-electron chi connectivity index (χ4n) is 8.97. The predicted octanol–water partition coefficient (Wildman–Crippen LogP) is 19.7. The Hall–Kier alpha value is -2.84. The van der Waals surface area contributed by atoms with Crippen LogP contribution in [0.15, 0.2) is 109 Å². The van der Waals surface area contributed by atoms with Gasteiger partial charge in [0.15, 0.2) is 0 Å². The molecule has 0 fully saturated rings. The Balaban J connectivity index is 3.98. The fourth-order valence-corrected chi connectivity index (χ4v) is 9.70. The minimum Gasteiger partial charge on any atom is -0.756 e. The average Bonchev–Trinajstić information content (AvgIpc) is 3.41. The van der Waals surface area contributed by atoms with Crippen LogP contribution in [0.5, 0.6) is 0 Å². The van der Waals surface area contributed by atoms with Crippen molar-refractivity contribution in [2.45, 2.75) is 283 Å². The first-order valence-corrected chi connectivity index (χ1v) is 33.7. The van der Waals surface area contributed by atoms with Crippen molar-refractivity contribution in [2.24, 2.45) is 0 Å². The second kappa shape index (κ2) is 58.8. The molecule has 0 bridgehead atoms. The molecule has 450 valence electrons. The molecule has 0 saturated heterocycles. The standard InChI is InChI=1S/C69H123N2O6P/c1-6-8-10-12-14-16-18-20-22-23-24-25-26-27-28-29-30-31-32-33-34-35-36-37-38-39-40-41-42-43-44-45-46-47-49-51-53-55-57-59-61-63-69(73)70-67(66-77-78(74,75)76-65-64-71(3,4)5)68(72)62-60-58-56-54-52-50-48-21-19-17-15-13-11-9-7-2/h8,10,14,16,20,22,24-25,27-28,30-31,33-34,52,54,60,62,67-68,72H,6-7,9,11-13,15,17-19,21,23,26,29,32,35-51,53,55-59,61,63-66H2,1-5H3,(H-,70,73,74,75)/b10-8-,16-14-,22-20-,25-24-,28-27-,31-30-,34-33-,54-52+,62-60+. The Morgan fingerprint density at radius 3 is 1.19 bits per heavy atom. The molecule has 0 aliphatic rings. The summed E-state index contributed by atoms with van der Waals surface area (Å²) in [6, 6.07) is -0.907. The van der Waals surface area contributed by atoms with Crippen LogP contribution in [0.25, 0.3) is 0 Å². The number of carbonyl (C=O) groups excluding carboxylic acids is 1. The normalized spacial score (nSPS) is 14.5. The molecule has 0 aromatic rings. The molecule has 0 rings (SSSR count). The molecule has 0 radical (unpaired) electrons. The average molecular weight is 1110 g/mol. The van der Waals surface area contributed by atoms with Crippen LogP contribution >= 0.6 is 7.82 Å². The summed E-state index contributed by atoms with van der Waals surface area (Å²) in [7, 11) is 1.24. The maximum atomic E-state index is 13.0. The van der Waals surface area contributed by atoms with Gasteiger partial charge in [-0.15, -0.1) is 0 Å². The number of amides is 1. The number of phosphoric ester groups is 1. The molecular formula is C69H123N2O6P. The van der Waals surface area contributed by atoms with Crippen LogP contribution in [-0.2, 0) is 18.4 Å². The van der Waals surface area contributed by atoms with E-state index < -0.39 is 26.6 Å². The SMILES string of the molecule is CC/C=C\C/C=C\C/C=C\C/C=C\C/C=C\C/C=C\C/C=C\CCCCCCCCCCCCCCCCCCCCCC(=O)NC(COP(=O)([O-])OCC[N+](C)(C)C)C(O)/C=C/CC/C=C/CCCCCCCCCCC. The van der Waals surface area contributed by atoms with Crippen molar-refractivity contribution >= 4 is 13.7 Å². The van der Waals surface area contributed by atoms with Gasteiger partial charge < -0.3 is 28.8 Å². The summed E-state index contributed by atoms with van der Waals surface area (Å²) in [6.45, 7) is 4.51. The van der Waals surface area contributed by atoms with Crippen molar-refractivity contribution in [3.05, 3.63) is 109 Å². The van der Waals surface area contributed by atoms with E-state index in [2.05, 4.69) is 116 Å². The highest BCUT2D eigenvalue weighted by atomic mass is 31.2. The maximum absolute atomic E-state index is 13.0. The summed E-state index contributed by atoms with van der Waals surface area (Å²) < 4.78 is 23.3. The van der Waals surface area contributed by atoms with Crippen molar-refractivity contribution in [3.8, 4) is 0 Å². The molecule has 0 spiro atoms. The first kappa shape index (κ1) is 75.2. The zero-order valence-electron chi connectivity index (χ0n) is 51.3. The van der Waals surface area contributed by atoms with E-state index in [1.807, 2.05) is 27.2 Å². The van der Waals surface area contributed by atoms with E-state index in [4.69, 9.17) is 9.05 Å². The molecule has 0 aliphatic carbocycles. The van der Waals surface area contributed by atoms with E-state index in [-0.39, 0.29) is 12.5 Å². The molecule has 0 heterocycles. The van der Waals surface area contributed by atoms with Crippen molar-refractivity contribution in [1.29, 1.82) is 0 Å². The Morgan fingerprint density at radius 1 is 0.462 bits per heavy atom. The summed E-state index contributed by atoms with van der Waals surface area (Å²) in [5.74, 6) is -0.207. The van der Waals surface area contributed by atoms with Gasteiger partial charge in [-0.05, 0) is 89.9 Å². The zero-order valence-corrected chi connectivity index (χ0v) is 52.2. The minimum atomic E-state index is -4.61. The van der Waals surface area contributed by atoms with Gasteiger partial charge >= 0.3 is 0 Å². The summed E-state index contributed by atoms with van der Waals surface area (Å²) in [5.41, 5.74) is 0. The lowest BCUT2D eigenvalue weighted by Crippen LogP contribution is -2.45. The van der Waals surface area contributed by atoms with E-state index in [1.54, 1.807) is 6.08 Å². The van der Waals surface area contributed by atoms with Gasteiger partial charge in [-0.1, -0.05) is 284 Å². The van der Waals surface area contributed by atoms with Crippen molar-refractivity contribution in [2.75, 3.05) is 40.9 Å². The Morgan fingerprint density at radius 2 is 0.795 bits per heavy atom. The third-order valence-corrected chi connectivity index (χ3v) is 14.9. The number of hydrogen-bond acceptors (Lipinski definition) is 6. The van der Waals surface area contributed by atoms with Gasteiger partial charge in [-0.25, -0.2) is 0 Å². The van der Waals surface area contributed by atoms with Gasteiger partial charge in [0.25, 0.3) is 7.82 Å². The molecule has 3 unspecified atom stereocenters. The topological polar surface area (TPSA) is 108 Å². The maximum Gasteiger partial charge on any atom is 0.268 e. The Bertz CT molecular complexity index is 1640. The molecule has 3 atom stereocenters. The monoisotopic (exact) mass is 1110 g/mol. The van der Waals surface area contributed by atoms with Crippen LogP contribution in [-0.4, -0.2) is 68.5 Å². The van der Waals surface area contributed by atoms with Crippen LogP contribution < -0.4 is 10.2 Å². The summed E-state index contributed by atoms with van der Waals surface area (Å²) in [5, 5.41) is 13.9. The number of aliphatic hydroxyl groups excluding tert-OH is 1. The van der Waals surface area contributed by atoms with Gasteiger partial charge in [0.2, 0.25) is 5.91 Å². The number of quaternary nitrogens is 1. The highest BCUT2D eigenvalue weighted by Gasteiger charge is 2.23. The molecule has 0 saturated carbocycles. The lowest BCUT2D eigenvalue weighted by atomic mass is 10.0. The lowest BCUT2D eigenvalue weighted by molar-refractivity contribution is -0.870. The molecule has 0 aliphatic heterocycles. The van der Waals surface area contributed by atoms with Gasteiger partial charge in [-0.2, -0.15) is 0 Å². The van der Waals surface area contributed by atoms with Crippen LogP contribution in [0.4, 0.5) is 0 Å². The smallest absolute Gasteiger partial charge is 0.268 e.